The molecule has 4 rings (SSSR count). The predicted molar refractivity (Wildman–Crippen MR) is 126 cm³/mol. The molecule has 0 bridgehead atoms. The van der Waals surface area contributed by atoms with Crippen LogP contribution in [0.5, 0.6) is 0 Å². The van der Waals surface area contributed by atoms with E-state index in [0.717, 1.165) is 50.1 Å². The van der Waals surface area contributed by atoms with E-state index in [1.54, 1.807) is 0 Å². The molecule has 160 valence electrons. The summed E-state index contributed by atoms with van der Waals surface area (Å²) >= 11 is 0. The Morgan fingerprint density at radius 2 is 1.32 bits per heavy atom. The Morgan fingerprint density at radius 1 is 0.806 bits per heavy atom. The van der Waals surface area contributed by atoms with Gasteiger partial charge in [-0.3, -0.25) is 4.90 Å². The van der Waals surface area contributed by atoms with Gasteiger partial charge in [0.15, 0.2) is 0 Å². The van der Waals surface area contributed by atoms with Gasteiger partial charge in [0, 0.05) is 13.1 Å². The number of urea groups is 1. The molecule has 31 heavy (non-hydrogen) atoms. The standard InChI is InChI=1S/C27H31N3O/c31-27(29-26(24-12-6-2-7-13-24)25-14-8-3-9-15-25)28-20-22-16-18-30(19-17-22)21-23-10-4-1-5-11-23/h1-15,22,26H,16-21H2,(H2,28,29,31). The lowest BCUT2D eigenvalue weighted by Gasteiger charge is -2.32. The maximum Gasteiger partial charge on any atom is 0.315 e. The van der Waals surface area contributed by atoms with E-state index < -0.39 is 0 Å². The quantitative estimate of drug-likeness (QED) is 0.573. The Balaban J connectivity index is 1.26. The van der Waals surface area contributed by atoms with E-state index in [9.17, 15) is 4.79 Å². The molecular formula is C27H31N3O. The van der Waals surface area contributed by atoms with Crippen molar-refractivity contribution in [3.8, 4) is 0 Å². The van der Waals surface area contributed by atoms with Crippen molar-refractivity contribution in [3.05, 3.63) is 108 Å². The summed E-state index contributed by atoms with van der Waals surface area (Å²) in [6, 6.07) is 30.6. The van der Waals surface area contributed by atoms with Gasteiger partial charge in [-0.25, -0.2) is 4.79 Å². The van der Waals surface area contributed by atoms with Crippen LogP contribution in [0.3, 0.4) is 0 Å². The van der Waals surface area contributed by atoms with Crippen LogP contribution in [-0.2, 0) is 6.54 Å². The maximum absolute atomic E-state index is 12.7. The van der Waals surface area contributed by atoms with E-state index in [4.69, 9.17) is 0 Å². The number of hydrogen-bond acceptors (Lipinski definition) is 2. The third kappa shape index (κ3) is 6.19. The van der Waals surface area contributed by atoms with Gasteiger partial charge in [-0.15, -0.1) is 0 Å². The van der Waals surface area contributed by atoms with Crippen LogP contribution in [0.4, 0.5) is 4.79 Å². The van der Waals surface area contributed by atoms with Gasteiger partial charge in [-0.1, -0.05) is 91.0 Å². The largest absolute Gasteiger partial charge is 0.338 e. The zero-order valence-electron chi connectivity index (χ0n) is 17.9. The molecule has 1 aliphatic heterocycles. The summed E-state index contributed by atoms with van der Waals surface area (Å²) in [5, 5.41) is 6.29. The van der Waals surface area contributed by atoms with Crippen molar-refractivity contribution in [3.63, 3.8) is 0 Å². The molecule has 1 heterocycles. The fourth-order valence-corrected chi connectivity index (χ4v) is 4.26. The van der Waals surface area contributed by atoms with Crippen LogP contribution < -0.4 is 10.6 Å². The van der Waals surface area contributed by atoms with Crippen LogP contribution in [0.2, 0.25) is 0 Å². The molecule has 1 fully saturated rings. The predicted octanol–water partition coefficient (Wildman–Crippen LogP) is 4.99. The number of likely N-dealkylation sites (tertiary alicyclic amines) is 1. The van der Waals surface area contributed by atoms with Crippen molar-refractivity contribution in [1.82, 2.24) is 15.5 Å². The summed E-state index contributed by atoms with van der Waals surface area (Å²) in [5.74, 6) is 0.532. The number of benzene rings is 3. The molecule has 0 unspecified atom stereocenters. The Kier molecular flexibility index (Phi) is 7.35. The van der Waals surface area contributed by atoms with Crippen LogP contribution in [0, 0.1) is 5.92 Å². The lowest BCUT2D eigenvalue weighted by atomic mass is 9.96. The average molecular weight is 414 g/mol. The van der Waals surface area contributed by atoms with E-state index in [-0.39, 0.29) is 12.1 Å². The molecule has 2 amide bonds. The lowest BCUT2D eigenvalue weighted by molar-refractivity contribution is 0.174. The summed E-state index contributed by atoms with van der Waals surface area (Å²) in [4.78, 5) is 15.2. The molecule has 1 saturated heterocycles. The molecule has 0 aliphatic carbocycles. The molecule has 0 atom stereocenters. The van der Waals surface area contributed by atoms with Crippen molar-refractivity contribution in [1.29, 1.82) is 0 Å². The second-order valence-corrected chi connectivity index (χ2v) is 8.31. The first kappa shape index (κ1) is 21.1. The monoisotopic (exact) mass is 413 g/mol. The summed E-state index contributed by atoms with van der Waals surface area (Å²) in [5.41, 5.74) is 3.53. The highest BCUT2D eigenvalue weighted by molar-refractivity contribution is 5.75. The highest BCUT2D eigenvalue weighted by Crippen LogP contribution is 2.22. The van der Waals surface area contributed by atoms with Gasteiger partial charge < -0.3 is 10.6 Å². The normalized spacial score (nSPS) is 15.0. The van der Waals surface area contributed by atoms with Gasteiger partial charge >= 0.3 is 6.03 Å². The van der Waals surface area contributed by atoms with Crippen molar-refractivity contribution in [2.24, 2.45) is 5.92 Å². The average Bonchev–Trinajstić information content (AvgIpc) is 2.84. The Bertz CT molecular complexity index is 883. The molecule has 4 heteroatoms. The lowest BCUT2D eigenvalue weighted by Crippen LogP contribution is -2.43. The third-order valence-electron chi connectivity index (χ3n) is 6.05. The van der Waals surface area contributed by atoms with Crippen LogP contribution in [0.25, 0.3) is 0 Å². The van der Waals surface area contributed by atoms with Crippen LogP contribution in [0.1, 0.15) is 35.6 Å². The van der Waals surface area contributed by atoms with E-state index in [1.807, 2.05) is 36.4 Å². The molecule has 2 N–H and O–H groups in total. The minimum absolute atomic E-state index is 0.107. The van der Waals surface area contributed by atoms with E-state index in [2.05, 4.69) is 70.1 Å². The van der Waals surface area contributed by atoms with E-state index in [0.29, 0.717) is 5.92 Å². The Labute approximate surface area is 185 Å². The SMILES string of the molecule is O=C(NCC1CCN(Cc2ccccc2)CC1)NC(c1ccccc1)c1ccccc1. The zero-order valence-corrected chi connectivity index (χ0v) is 17.9. The van der Waals surface area contributed by atoms with Crippen LogP contribution in [-0.4, -0.2) is 30.6 Å². The number of amides is 2. The second kappa shape index (κ2) is 10.8. The molecular weight excluding hydrogens is 382 g/mol. The van der Waals surface area contributed by atoms with Gasteiger partial charge in [0.2, 0.25) is 0 Å². The number of nitrogens with one attached hydrogen (secondary N) is 2. The van der Waals surface area contributed by atoms with Crippen molar-refractivity contribution < 1.29 is 4.79 Å². The highest BCUT2D eigenvalue weighted by Gasteiger charge is 2.21. The zero-order chi connectivity index (χ0) is 21.3. The number of carbonyl (C=O) groups excluding carboxylic acids is 1. The summed E-state index contributed by atoms with van der Waals surface area (Å²) in [6.07, 6.45) is 2.24. The minimum Gasteiger partial charge on any atom is -0.338 e. The van der Waals surface area contributed by atoms with Gasteiger partial charge in [0.25, 0.3) is 0 Å². The number of rotatable bonds is 7. The topological polar surface area (TPSA) is 44.4 Å². The van der Waals surface area contributed by atoms with Gasteiger partial charge in [0.1, 0.15) is 0 Å². The van der Waals surface area contributed by atoms with Gasteiger partial charge in [-0.05, 0) is 48.5 Å². The molecule has 0 aromatic heterocycles. The number of piperidine rings is 1. The second-order valence-electron chi connectivity index (χ2n) is 8.31. The molecule has 1 aliphatic rings. The summed E-state index contributed by atoms with van der Waals surface area (Å²) in [7, 11) is 0. The highest BCUT2D eigenvalue weighted by atomic mass is 16.2. The first-order valence-corrected chi connectivity index (χ1v) is 11.2. The molecule has 3 aromatic carbocycles. The molecule has 0 saturated carbocycles. The van der Waals surface area contributed by atoms with Crippen molar-refractivity contribution in [2.45, 2.75) is 25.4 Å². The third-order valence-corrected chi connectivity index (χ3v) is 6.05. The van der Waals surface area contributed by atoms with Gasteiger partial charge in [-0.2, -0.15) is 0 Å². The summed E-state index contributed by atoms with van der Waals surface area (Å²) in [6.45, 7) is 3.90. The molecule has 4 nitrogen and oxygen atoms in total. The Morgan fingerprint density at radius 3 is 1.87 bits per heavy atom. The van der Waals surface area contributed by atoms with E-state index in [1.165, 1.54) is 5.56 Å². The van der Waals surface area contributed by atoms with Crippen LogP contribution in [0.15, 0.2) is 91.0 Å². The van der Waals surface area contributed by atoms with Crippen LogP contribution >= 0.6 is 0 Å². The summed E-state index contributed by atoms with van der Waals surface area (Å²) < 4.78 is 0. The Hall–Kier alpha value is -3.11. The smallest absolute Gasteiger partial charge is 0.315 e. The number of carbonyl (C=O) groups is 1. The number of nitrogens with zero attached hydrogens (tertiary/aromatic N) is 1. The fourth-order valence-electron chi connectivity index (χ4n) is 4.26. The molecule has 3 aromatic rings. The van der Waals surface area contributed by atoms with Crippen molar-refractivity contribution >= 4 is 6.03 Å². The fraction of sp³-hybridized carbons (Fsp3) is 0.296. The molecule has 0 radical (unpaired) electrons. The maximum atomic E-state index is 12.7. The first-order chi connectivity index (χ1) is 15.3. The minimum atomic E-state index is -0.157. The molecule has 0 spiro atoms. The van der Waals surface area contributed by atoms with Gasteiger partial charge in [0.05, 0.1) is 6.04 Å². The van der Waals surface area contributed by atoms with Crippen molar-refractivity contribution in [2.75, 3.05) is 19.6 Å². The van der Waals surface area contributed by atoms with E-state index >= 15 is 0 Å². The number of hydrogen-bond donors (Lipinski definition) is 2. The first-order valence-electron chi connectivity index (χ1n) is 11.2.